The van der Waals surface area contributed by atoms with E-state index in [4.69, 9.17) is 33.0 Å². The minimum Gasteiger partial charge on any atom is -0.497 e. The molecule has 2 aromatic carbocycles. The van der Waals surface area contributed by atoms with Gasteiger partial charge in [0.15, 0.2) is 0 Å². The molecule has 0 saturated carbocycles. The van der Waals surface area contributed by atoms with Gasteiger partial charge in [0.05, 0.1) is 23.9 Å². The zero-order valence-corrected chi connectivity index (χ0v) is 20.6. The van der Waals surface area contributed by atoms with Gasteiger partial charge in [-0.3, -0.25) is 15.2 Å². The van der Waals surface area contributed by atoms with Crippen molar-refractivity contribution in [1.82, 2.24) is 10.4 Å². The van der Waals surface area contributed by atoms with Crippen LogP contribution in [0.2, 0.25) is 10.0 Å². The van der Waals surface area contributed by atoms with Gasteiger partial charge >= 0.3 is 0 Å². The monoisotopic (exact) mass is 488 g/mol. The lowest BCUT2D eigenvalue weighted by Crippen LogP contribution is -2.47. The zero-order chi connectivity index (χ0) is 23.4. The fourth-order valence-electron chi connectivity index (χ4n) is 4.54. The van der Waals surface area contributed by atoms with Crippen LogP contribution in [0, 0.1) is 5.92 Å². The summed E-state index contributed by atoms with van der Waals surface area (Å²) in [4.78, 5) is 13.3. The molecular weight excluding hydrogens is 459 g/mol. The van der Waals surface area contributed by atoms with E-state index in [1.54, 1.807) is 19.2 Å². The first-order valence-corrected chi connectivity index (χ1v) is 12.3. The summed E-state index contributed by atoms with van der Waals surface area (Å²) in [5.41, 5.74) is 5.33. The summed E-state index contributed by atoms with van der Waals surface area (Å²) >= 11 is 12.7. The SMILES string of the molecule is COc1ccc(C2C(C)C(C(=O)NN3CCCCCCC3)=NN2c2ccc(Cl)cc2Cl)cc1. The maximum absolute atomic E-state index is 13.3. The summed E-state index contributed by atoms with van der Waals surface area (Å²) in [6, 6.07) is 13.0. The zero-order valence-electron chi connectivity index (χ0n) is 19.1. The quantitative estimate of drug-likeness (QED) is 0.572. The van der Waals surface area contributed by atoms with Gasteiger partial charge in [0.25, 0.3) is 5.91 Å². The first-order valence-electron chi connectivity index (χ1n) is 11.5. The molecule has 2 aromatic rings. The highest BCUT2D eigenvalue weighted by Gasteiger charge is 2.40. The third-order valence-corrected chi connectivity index (χ3v) is 6.88. The Hall–Kier alpha value is -2.28. The number of hydrogen-bond acceptors (Lipinski definition) is 5. The molecule has 0 aliphatic carbocycles. The Morgan fingerprint density at radius 3 is 2.33 bits per heavy atom. The molecule has 176 valence electrons. The van der Waals surface area contributed by atoms with Crippen LogP contribution in [0.4, 0.5) is 5.69 Å². The molecule has 2 unspecified atom stereocenters. The molecule has 1 fully saturated rings. The summed E-state index contributed by atoms with van der Waals surface area (Å²) in [6.07, 6.45) is 5.84. The van der Waals surface area contributed by atoms with Crippen LogP contribution in [0.3, 0.4) is 0 Å². The van der Waals surface area contributed by atoms with E-state index in [1.165, 1.54) is 19.3 Å². The third kappa shape index (κ3) is 5.45. The van der Waals surface area contributed by atoms with Crippen LogP contribution in [-0.4, -0.2) is 36.8 Å². The summed E-state index contributed by atoms with van der Waals surface area (Å²) in [7, 11) is 1.64. The number of hydrazone groups is 1. The molecule has 4 rings (SSSR count). The normalized spacial score (nSPS) is 21.8. The molecule has 0 radical (unpaired) electrons. The van der Waals surface area contributed by atoms with E-state index < -0.39 is 0 Å². The van der Waals surface area contributed by atoms with Crippen molar-refractivity contribution in [3.05, 3.63) is 58.1 Å². The van der Waals surface area contributed by atoms with E-state index in [1.807, 2.05) is 47.3 Å². The Bertz CT molecular complexity index is 1000. The molecule has 2 heterocycles. The molecule has 8 heteroatoms. The van der Waals surface area contributed by atoms with Gasteiger partial charge in [-0.1, -0.05) is 61.5 Å². The number of nitrogens with one attached hydrogen (secondary N) is 1. The van der Waals surface area contributed by atoms with Crippen molar-refractivity contribution < 1.29 is 9.53 Å². The molecule has 6 nitrogen and oxygen atoms in total. The number of carbonyl (C=O) groups is 1. The Morgan fingerprint density at radius 2 is 1.70 bits per heavy atom. The van der Waals surface area contributed by atoms with Gasteiger partial charge < -0.3 is 4.74 Å². The van der Waals surface area contributed by atoms with E-state index in [2.05, 4.69) is 5.43 Å². The lowest BCUT2D eigenvalue weighted by atomic mass is 9.91. The van der Waals surface area contributed by atoms with E-state index in [0.717, 1.165) is 37.2 Å². The number of benzene rings is 2. The minimum atomic E-state index is -0.192. The van der Waals surface area contributed by atoms with E-state index in [0.29, 0.717) is 21.4 Å². The predicted octanol–water partition coefficient (Wildman–Crippen LogP) is 5.85. The lowest BCUT2D eigenvalue weighted by Gasteiger charge is -2.28. The highest BCUT2D eigenvalue weighted by Crippen LogP contribution is 2.42. The van der Waals surface area contributed by atoms with Crippen LogP contribution < -0.4 is 15.2 Å². The van der Waals surface area contributed by atoms with Crippen LogP contribution in [-0.2, 0) is 4.79 Å². The Morgan fingerprint density at radius 1 is 1.03 bits per heavy atom. The van der Waals surface area contributed by atoms with Gasteiger partial charge in [-0.15, -0.1) is 0 Å². The molecule has 1 N–H and O–H groups in total. The van der Waals surface area contributed by atoms with Crippen molar-refractivity contribution >= 4 is 40.5 Å². The van der Waals surface area contributed by atoms with Crippen molar-refractivity contribution in [3.63, 3.8) is 0 Å². The molecule has 2 aliphatic rings. The number of anilines is 1. The first kappa shape index (κ1) is 23.9. The molecule has 1 saturated heterocycles. The predicted molar refractivity (Wildman–Crippen MR) is 134 cm³/mol. The van der Waals surface area contributed by atoms with Gasteiger partial charge in [0.2, 0.25) is 0 Å². The molecule has 1 amide bonds. The first-order chi connectivity index (χ1) is 16.0. The minimum absolute atomic E-state index is 0.153. The number of amides is 1. The molecule has 0 spiro atoms. The summed E-state index contributed by atoms with van der Waals surface area (Å²) < 4.78 is 5.32. The summed E-state index contributed by atoms with van der Waals surface area (Å²) in [5, 5.41) is 9.71. The maximum atomic E-state index is 13.3. The van der Waals surface area contributed by atoms with E-state index in [9.17, 15) is 4.79 Å². The van der Waals surface area contributed by atoms with Crippen LogP contribution in [0.25, 0.3) is 0 Å². The molecule has 0 bridgehead atoms. The Balaban J connectivity index is 1.64. The molecule has 0 aromatic heterocycles. The number of rotatable bonds is 5. The van der Waals surface area contributed by atoms with Gasteiger partial charge in [-0.2, -0.15) is 5.10 Å². The number of ether oxygens (including phenoxy) is 1. The van der Waals surface area contributed by atoms with Gasteiger partial charge in [-0.25, -0.2) is 5.01 Å². The third-order valence-electron chi connectivity index (χ3n) is 6.35. The maximum Gasteiger partial charge on any atom is 0.282 e. The highest BCUT2D eigenvalue weighted by molar-refractivity contribution is 6.41. The van der Waals surface area contributed by atoms with Gasteiger partial charge in [-0.05, 0) is 48.7 Å². The number of hydrogen-bond donors (Lipinski definition) is 1. The Labute approximate surface area is 205 Å². The van der Waals surface area contributed by atoms with Crippen molar-refractivity contribution in [2.75, 3.05) is 25.2 Å². The number of methoxy groups -OCH3 is 1. The van der Waals surface area contributed by atoms with Gasteiger partial charge in [0, 0.05) is 24.0 Å². The average molecular weight is 489 g/mol. The highest BCUT2D eigenvalue weighted by atomic mass is 35.5. The molecular formula is C25H30Cl2N4O2. The number of carbonyl (C=O) groups excluding carboxylic acids is 1. The van der Waals surface area contributed by atoms with Crippen molar-refractivity contribution in [1.29, 1.82) is 0 Å². The second-order valence-electron chi connectivity index (χ2n) is 8.63. The van der Waals surface area contributed by atoms with Crippen LogP contribution in [0.5, 0.6) is 5.75 Å². The van der Waals surface area contributed by atoms with E-state index >= 15 is 0 Å². The van der Waals surface area contributed by atoms with Crippen molar-refractivity contribution in [3.8, 4) is 5.75 Å². The fourth-order valence-corrected chi connectivity index (χ4v) is 5.04. The van der Waals surface area contributed by atoms with Crippen molar-refractivity contribution in [2.24, 2.45) is 11.0 Å². The summed E-state index contributed by atoms with van der Waals surface area (Å²) in [6.45, 7) is 3.76. The second-order valence-corrected chi connectivity index (χ2v) is 9.47. The van der Waals surface area contributed by atoms with E-state index in [-0.39, 0.29) is 17.9 Å². The second kappa shape index (κ2) is 10.8. The molecule has 2 aliphatic heterocycles. The fraction of sp³-hybridized carbons (Fsp3) is 0.440. The van der Waals surface area contributed by atoms with Gasteiger partial charge in [0.1, 0.15) is 11.5 Å². The van der Waals surface area contributed by atoms with Crippen LogP contribution in [0.15, 0.2) is 47.6 Å². The molecule has 2 atom stereocenters. The van der Waals surface area contributed by atoms with Crippen LogP contribution >= 0.6 is 23.2 Å². The van der Waals surface area contributed by atoms with Crippen molar-refractivity contribution in [2.45, 2.75) is 45.1 Å². The lowest BCUT2D eigenvalue weighted by molar-refractivity contribution is -0.119. The molecule has 33 heavy (non-hydrogen) atoms. The number of nitrogens with zero attached hydrogens (tertiary/aromatic N) is 3. The smallest absolute Gasteiger partial charge is 0.282 e. The van der Waals surface area contributed by atoms with Crippen LogP contribution in [0.1, 0.15) is 50.6 Å². The Kier molecular flexibility index (Phi) is 7.78. The number of hydrazine groups is 1. The average Bonchev–Trinajstić information content (AvgIpc) is 3.12. The summed E-state index contributed by atoms with van der Waals surface area (Å²) in [5.74, 6) is 0.463. The topological polar surface area (TPSA) is 57.2 Å². The number of halogens is 2. The standard InChI is InChI=1S/C25H30Cl2N4O2/c1-17-23(25(32)29-30-14-6-4-3-5-7-15-30)28-31(22-13-10-19(26)16-21(22)27)24(17)18-8-11-20(33-2)12-9-18/h8-13,16-17,24H,3-7,14-15H2,1-2H3,(H,29,32). The largest absolute Gasteiger partial charge is 0.497 e.